The van der Waals surface area contributed by atoms with Gasteiger partial charge in [-0.3, -0.25) is 15.0 Å². The molecule has 13 heteroatoms. The van der Waals surface area contributed by atoms with Gasteiger partial charge in [-0.2, -0.15) is 5.01 Å². The molecule has 2 aliphatic heterocycles. The van der Waals surface area contributed by atoms with E-state index in [1.54, 1.807) is 73.7 Å². The number of carbonyl (C=O) groups is 2. The number of hydrogen-bond acceptors (Lipinski definition) is 7. The number of fused-ring (bicyclic) bond motifs is 4. The number of hydrazine groups is 1. The van der Waals surface area contributed by atoms with Crippen molar-refractivity contribution in [3.63, 3.8) is 0 Å². The zero-order valence-electron chi connectivity index (χ0n) is 27.2. The van der Waals surface area contributed by atoms with Gasteiger partial charge in [0, 0.05) is 10.9 Å². The van der Waals surface area contributed by atoms with Crippen LogP contribution < -0.4 is 21.5 Å². The number of hydrogen-bond donors (Lipinski definition) is 2. The largest absolute Gasteiger partial charge is 0.504 e. The molecule has 3 aliphatic rings. The fourth-order valence-electron chi connectivity index (χ4n) is 8.07. The lowest BCUT2D eigenvalue weighted by atomic mass is 9.53. The van der Waals surface area contributed by atoms with Crippen LogP contribution in [0.2, 0.25) is 5.02 Å². The van der Waals surface area contributed by atoms with Gasteiger partial charge < -0.3 is 9.84 Å². The van der Waals surface area contributed by atoms with Crippen LogP contribution in [0.4, 0.5) is 10.1 Å². The summed E-state index contributed by atoms with van der Waals surface area (Å²) in [6.07, 6.45) is 1.84. The van der Waals surface area contributed by atoms with Gasteiger partial charge in [-0.05, 0) is 90.7 Å². The molecule has 1 saturated carbocycles. The average molecular weight is 708 g/mol. The molecule has 0 radical (unpaired) electrons. The van der Waals surface area contributed by atoms with E-state index in [9.17, 15) is 23.9 Å². The van der Waals surface area contributed by atoms with E-state index in [-0.39, 0.29) is 31.1 Å². The number of aromatic hydroxyl groups is 1. The predicted molar refractivity (Wildman–Crippen MR) is 187 cm³/mol. The molecular formula is C38H31ClFN5O6. The third-order valence-corrected chi connectivity index (χ3v) is 10.4. The van der Waals surface area contributed by atoms with Crippen LogP contribution in [0.3, 0.4) is 0 Å². The summed E-state index contributed by atoms with van der Waals surface area (Å²) < 4.78 is 23.5. The molecule has 2 fully saturated rings. The van der Waals surface area contributed by atoms with Crippen molar-refractivity contribution in [1.29, 1.82) is 0 Å². The zero-order chi connectivity index (χ0) is 35.6. The van der Waals surface area contributed by atoms with Crippen LogP contribution in [0.25, 0.3) is 5.69 Å². The summed E-state index contributed by atoms with van der Waals surface area (Å²) in [6.45, 7) is 2.05. The van der Waals surface area contributed by atoms with E-state index < -0.39 is 52.3 Å². The van der Waals surface area contributed by atoms with Crippen molar-refractivity contribution in [1.82, 2.24) is 18.9 Å². The third kappa shape index (κ3) is 4.84. The lowest BCUT2D eigenvalue weighted by molar-refractivity contribution is -0.138. The Morgan fingerprint density at radius 2 is 1.67 bits per heavy atom. The van der Waals surface area contributed by atoms with E-state index in [0.717, 1.165) is 9.58 Å². The maximum atomic E-state index is 15.2. The van der Waals surface area contributed by atoms with E-state index in [2.05, 4.69) is 5.43 Å². The lowest BCUT2D eigenvalue weighted by Gasteiger charge is -2.49. The van der Waals surface area contributed by atoms with Gasteiger partial charge in [0.15, 0.2) is 11.5 Å². The van der Waals surface area contributed by atoms with E-state index >= 15 is 4.79 Å². The maximum Gasteiger partial charge on any atom is 0.352 e. The summed E-state index contributed by atoms with van der Waals surface area (Å²) in [5.41, 5.74) is 2.61. The first-order valence-electron chi connectivity index (χ1n) is 16.5. The van der Waals surface area contributed by atoms with Crippen LogP contribution in [0.5, 0.6) is 11.5 Å². The van der Waals surface area contributed by atoms with E-state index in [0.29, 0.717) is 33.1 Å². The van der Waals surface area contributed by atoms with Crippen molar-refractivity contribution in [3.8, 4) is 17.2 Å². The summed E-state index contributed by atoms with van der Waals surface area (Å²) in [5, 5.41) is 12.1. The number of carbonyl (C=O) groups excluding carboxylic acids is 2. The van der Waals surface area contributed by atoms with Crippen molar-refractivity contribution in [2.24, 2.45) is 5.92 Å². The molecular weight excluding hydrogens is 677 g/mol. The molecule has 3 heterocycles. The van der Waals surface area contributed by atoms with Gasteiger partial charge in [0.1, 0.15) is 5.82 Å². The Labute approximate surface area is 295 Å². The molecule has 11 nitrogen and oxygen atoms in total. The normalized spacial score (nSPS) is 22.2. The minimum Gasteiger partial charge on any atom is -0.504 e. The Morgan fingerprint density at radius 3 is 2.37 bits per heavy atom. The molecule has 4 unspecified atom stereocenters. The topological polar surface area (TPSA) is 128 Å². The molecule has 8 rings (SSSR count). The van der Waals surface area contributed by atoms with Crippen molar-refractivity contribution in [2.75, 3.05) is 12.0 Å². The molecule has 4 atom stereocenters. The molecule has 51 heavy (non-hydrogen) atoms. The Bertz CT molecular complexity index is 2350. The van der Waals surface area contributed by atoms with Gasteiger partial charge in [0.25, 0.3) is 11.8 Å². The second-order valence-electron chi connectivity index (χ2n) is 12.7. The number of allylic oxidation sites excluding steroid dienone is 2. The van der Waals surface area contributed by atoms with E-state index in [4.69, 9.17) is 16.3 Å². The van der Waals surface area contributed by atoms with Crippen LogP contribution in [0.1, 0.15) is 36.4 Å². The number of imide groups is 1. The molecule has 1 aromatic heterocycles. The minimum atomic E-state index is -1.59. The highest BCUT2D eigenvalue weighted by Gasteiger charge is 2.68. The van der Waals surface area contributed by atoms with Crippen LogP contribution in [-0.2, 0) is 21.5 Å². The summed E-state index contributed by atoms with van der Waals surface area (Å²) in [7, 11) is 0. The maximum absolute atomic E-state index is 15.2. The average Bonchev–Trinajstić information content (AvgIpc) is 3.51. The molecule has 1 aliphatic carbocycles. The Kier molecular flexibility index (Phi) is 7.71. The van der Waals surface area contributed by atoms with E-state index in [1.165, 1.54) is 39.7 Å². The highest BCUT2D eigenvalue weighted by molar-refractivity contribution is 6.30. The van der Waals surface area contributed by atoms with Crippen molar-refractivity contribution >= 4 is 29.1 Å². The monoisotopic (exact) mass is 707 g/mol. The van der Waals surface area contributed by atoms with Gasteiger partial charge in [-0.1, -0.05) is 54.1 Å². The number of nitrogens with one attached hydrogen (secondary N) is 1. The SMILES string of the molecule is CCOc1cc(C2C3=CCn4c(=O)n(-c5ccccc5)c(=O)n4C3CC3C(=O)N(Nc4ccc(F)cc4)C(=O)C32c2ccc(Cl)cc2)ccc1O. The number of ether oxygens (including phenoxy) is 1. The smallest absolute Gasteiger partial charge is 0.352 e. The Hall–Kier alpha value is -5.88. The Morgan fingerprint density at radius 1 is 0.941 bits per heavy atom. The van der Waals surface area contributed by atoms with Gasteiger partial charge >= 0.3 is 11.4 Å². The van der Waals surface area contributed by atoms with Crippen molar-refractivity contribution in [2.45, 2.75) is 37.3 Å². The number of rotatable bonds is 7. The standard InChI is InChI=1S/C38H31ClFN5O6/c1-2-51-32-20-22(8-17-31(32)46)33-28-18-19-42-36(49)43(27-6-4-3-5-7-27)37(50)45(42)30(28)21-29-34(47)44(41-26-15-13-25(40)14-16-26)35(48)38(29,33)23-9-11-24(39)12-10-23/h3-18,20,29-30,33,41,46H,2,19,21H2,1H3. The second kappa shape index (κ2) is 12.2. The van der Waals surface area contributed by atoms with Gasteiger partial charge in [0.2, 0.25) is 0 Å². The molecule has 4 aromatic carbocycles. The van der Waals surface area contributed by atoms with Crippen LogP contribution in [0, 0.1) is 11.7 Å². The summed E-state index contributed by atoms with van der Waals surface area (Å²) in [5.74, 6) is -3.52. The molecule has 5 aromatic rings. The lowest BCUT2D eigenvalue weighted by Crippen LogP contribution is -2.53. The number of para-hydroxylation sites is 1. The molecule has 2 N–H and O–H groups in total. The molecule has 0 bridgehead atoms. The van der Waals surface area contributed by atoms with Gasteiger partial charge in [0.05, 0.1) is 41.9 Å². The van der Waals surface area contributed by atoms with Crippen LogP contribution in [-0.4, -0.2) is 42.5 Å². The van der Waals surface area contributed by atoms with Crippen molar-refractivity contribution in [3.05, 3.63) is 152 Å². The number of aromatic nitrogens is 3. The fourth-order valence-corrected chi connectivity index (χ4v) is 8.20. The number of halogens is 2. The van der Waals surface area contributed by atoms with Crippen LogP contribution in [0.15, 0.2) is 118 Å². The van der Waals surface area contributed by atoms with Crippen LogP contribution >= 0.6 is 11.6 Å². The van der Waals surface area contributed by atoms with Crippen molar-refractivity contribution < 1.29 is 23.8 Å². The highest BCUT2D eigenvalue weighted by atomic mass is 35.5. The number of phenols is 1. The Balaban J connectivity index is 1.39. The molecule has 0 spiro atoms. The molecule has 2 amide bonds. The number of amides is 2. The number of phenolic OH excluding ortho intramolecular Hbond substituents is 1. The third-order valence-electron chi connectivity index (χ3n) is 10.2. The highest BCUT2D eigenvalue weighted by Crippen LogP contribution is 2.62. The first kappa shape index (κ1) is 32.3. The summed E-state index contributed by atoms with van der Waals surface area (Å²) in [6, 6.07) is 24.6. The number of nitrogens with zero attached hydrogens (tertiary/aromatic N) is 4. The fraction of sp³-hybridized carbons (Fsp3) is 0.211. The zero-order valence-corrected chi connectivity index (χ0v) is 28.0. The number of anilines is 1. The van der Waals surface area contributed by atoms with Gasteiger partial charge in [-0.25, -0.2) is 27.9 Å². The minimum absolute atomic E-state index is 0.00825. The summed E-state index contributed by atoms with van der Waals surface area (Å²) >= 11 is 6.35. The second-order valence-corrected chi connectivity index (χ2v) is 13.2. The predicted octanol–water partition coefficient (Wildman–Crippen LogP) is 5.32. The molecule has 258 valence electrons. The first-order chi connectivity index (χ1) is 24.6. The number of benzene rings is 4. The first-order valence-corrected chi connectivity index (χ1v) is 16.8. The quantitative estimate of drug-likeness (QED) is 0.173. The summed E-state index contributed by atoms with van der Waals surface area (Å²) in [4.78, 5) is 58.0. The molecule has 1 saturated heterocycles. The van der Waals surface area contributed by atoms with E-state index in [1.807, 2.05) is 6.08 Å². The van der Waals surface area contributed by atoms with Gasteiger partial charge in [-0.15, -0.1) is 0 Å².